The smallest absolute Gasteiger partial charge is 0.0480 e. The molecule has 0 bridgehead atoms. The first-order valence-corrected chi connectivity index (χ1v) is 6.27. The minimum Gasteiger partial charge on any atom is -0.396 e. The van der Waals surface area contributed by atoms with Crippen molar-refractivity contribution in [1.29, 1.82) is 0 Å². The molecule has 0 spiro atoms. The number of nitrogens with one attached hydrogen (secondary N) is 1. The molecule has 1 saturated carbocycles. The van der Waals surface area contributed by atoms with E-state index >= 15 is 0 Å². The standard InChI is InChI=1S/C12H23NO2/c14-7-6-12(4-5-12)10-13-11-2-1-8-15-9-3-11/h11,13-14H,1-10H2. The van der Waals surface area contributed by atoms with Crippen molar-refractivity contribution in [2.75, 3.05) is 26.4 Å². The first kappa shape index (κ1) is 11.4. The summed E-state index contributed by atoms with van der Waals surface area (Å²) in [6.45, 7) is 3.28. The van der Waals surface area contributed by atoms with E-state index in [2.05, 4.69) is 5.32 Å². The Morgan fingerprint density at radius 1 is 1.27 bits per heavy atom. The summed E-state index contributed by atoms with van der Waals surface area (Å²) in [6.07, 6.45) is 7.14. The molecule has 15 heavy (non-hydrogen) atoms. The normalized spacial score (nSPS) is 29.8. The van der Waals surface area contributed by atoms with Gasteiger partial charge in [-0.05, 0) is 43.9 Å². The lowest BCUT2D eigenvalue weighted by Gasteiger charge is -2.20. The van der Waals surface area contributed by atoms with Gasteiger partial charge in [0.1, 0.15) is 0 Å². The molecular weight excluding hydrogens is 190 g/mol. The molecular formula is C12H23NO2. The van der Waals surface area contributed by atoms with Gasteiger partial charge in [-0.25, -0.2) is 0 Å². The van der Waals surface area contributed by atoms with E-state index in [1.54, 1.807) is 0 Å². The van der Waals surface area contributed by atoms with Crippen molar-refractivity contribution in [2.45, 2.75) is 44.6 Å². The molecule has 3 nitrogen and oxygen atoms in total. The zero-order valence-electron chi connectivity index (χ0n) is 9.50. The molecule has 2 rings (SSSR count). The number of rotatable bonds is 5. The van der Waals surface area contributed by atoms with Crippen molar-refractivity contribution in [3.63, 3.8) is 0 Å². The van der Waals surface area contributed by atoms with Crippen LogP contribution in [-0.2, 0) is 4.74 Å². The SMILES string of the molecule is OCCC1(CNC2CCCOCC2)CC1. The molecule has 3 heteroatoms. The van der Waals surface area contributed by atoms with Crippen molar-refractivity contribution in [1.82, 2.24) is 5.32 Å². The van der Waals surface area contributed by atoms with Crippen LogP contribution in [-0.4, -0.2) is 37.5 Å². The second kappa shape index (κ2) is 5.28. The molecule has 1 heterocycles. The minimum atomic E-state index is 0.343. The van der Waals surface area contributed by atoms with Crippen molar-refractivity contribution < 1.29 is 9.84 Å². The van der Waals surface area contributed by atoms with Gasteiger partial charge in [0.15, 0.2) is 0 Å². The van der Waals surface area contributed by atoms with Crippen LogP contribution in [0.3, 0.4) is 0 Å². The molecule has 1 atom stereocenters. The fourth-order valence-corrected chi connectivity index (χ4v) is 2.40. The van der Waals surface area contributed by atoms with Gasteiger partial charge >= 0.3 is 0 Å². The average molecular weight is 213 g/mol. The highest BCUT2D eigenvalue weighted by atomic mass is 16.5. The van der Waals surface area contributed by atoms with E-state index < -0.39 is 0 Å². The zero-order valence-corrected chi connectivity index (χ0v) is 9.50. The molecule has 1 saturated heterocycles. The molecule has 0 amide bonds. The fraction of sp³-hybridized carbons (Fsp3) is 1.00. The Kier molecular flexibility index (Phi) is 4.00. The number of hydrogen-bond donors (Lipinski definition) is 2. The molecule has 2 N–H and O–H groups in total. The monoisotopic (exact) mass is 213 g/mol. The summed E-state index contributed by atoms with van der Waals surface area (Å²) in [7, 11) is 0. The van der Waals surface area contributed by atoms with Crippen LogP contribution in [0.1, 0.15) is 38.5 Å². The van der Waals surface area contributed by atoms with Crippen molar-refractivity contribution in [2.24, 2.45) is 5.41 Å². The van der Waals surface area contributed by atoms with E-state index in [9.17, 15) is 0 Å². The van der Waals surface area contributed by atoms with Crippen LogP contribution < -0.4 is 5.32 Å². The molecule has 0 aromatic rings. The molecule has 0 radical (unpaired) electrons. The van der Waals surface area contributed by atoms with Gasteiger partial charge in [0.25, 0.3) is 0 Å². The van der Waals surface area contributed by atoms with E-state index in [0.717, 1.165) is 32.6 Å². The maximum Gasteiger partial charge on any atom is 0.0480 e. The van der Waals surface area contributed by atoms with Crippen molar-refractivity contribution >= 4 is 0 Å². The number of ether oxygens (including phenoxy) is 1. The van der Waals surface area contributed by atoms with Crippen LogP contribution in [0.5, 0.6) is 0 Å². The summed E-state index contributed by atoms with van der Waals surface area (Å²) < 4.78 is 5.44. The molecule has 2 aliphatic rings. The van der Waals surface area contributed by atoms with Crippen LogP contribution in [0.15, 0.2) is 0 Å². The van der Waals surface area contributed by atoms with Gasteiger partial charge < -0.3 is 15.2 Å². The van der Waals surface area contributed by atoms with Gasteiger partial charge in [-0.3, -0.25) is 0 Å². The van der Waals surface area contributed by atoms with Gasteiger partial charge in [-0.1, -0.05) is 0 Å². The van der Waals surface area contributed by atoms with Crippen molar-refractivity contribution in [3.05, 3.63) is 0 Å². The summed E-state index contributed by atoms with van der Waals surface area (Å²) >= 11 is 0. The second-order valence-electron chi connectivity index (χ2n) is 5.09. The van der Waals surface area contributed by atoms with E-state index in [-0.39, 0.29) is 0 Å². The molecule has 1 aliphatic carbocycles. The Balaban J connectivity index is 1.67. The molecule has 0 aromatic carbocycles. The fourth-order valence-electron chi connectivity index (χ4n) is 2.40. The predicted molar refractivity (Wildman–Crippen MR) is 59.8 cm³/mol. The number of aliphatic hydroxyl groups is 1. The average Bonchev–Trinajstić information content (AvgIpc) is 3.00. The Morgan fingerprint density at radius 3 is 2.87 bits per heavy atom. The maximum atomic E-state index is 8.98. The van der Waals surface area contributed by atoms with Crippen LogP contribution in [0.25, 0.3) is 0 Å². The lowest BCUT2D eigenvalue weighted by Crippen LogP contribution is -2.34. The summed E-state index contributed by atoms with van der Waals surface area (Å²) in [5.41, 5.74) is 0.446. The molecule has 1 unspecified atom stereocenters. The molecule has 2 fully saturated rings. The summed E-state index contributed by atoms with van der Waals surface area (Å²) in [4.78, 5) is 0. The number of hydrogen-bond acceptors (Lipinski definition) is 3. The summed E-state index contributed by atoms with van der Waals surface area (Å²) in [5, 5.41) is 12.6. The minimum absolute atomic E-state index is 0.343. The van der Waals surface area contributed by atoms with Gasteiger partial charge in [-0.15, -0.1) is 0 Å². The highest BCUT2D eigenvalue weighted by Crippen LogP contribution is 2.48. The maximum absolute atomic E-state index is 8.98. The Morgan fingerprint density at radius 2 is 2.13 bits per heavy atom. The number of aliphatic hydroxyl groups excluding tert-OH is 1. The van der Waals surface area contributed by atoms with Gasteiger partial charge in [0, 0.05) is 32.4 Å². The molecule has 1 aliphatic heterocycles. The van der Waals surface area contributed by atoms with Gasteiger partial charge in [-0.2, -0.15) is 0 Å². The Hall–Kier alpha value is -0.120. The van der Waals surface area contributed by atoms with E-state index in [4.69, 9.17) is 9.84 Å². The van der Waals surface area contributed by atoms with Crippen molar-refractivity contribution in [3.8, 4) is 0 Å². The largest absolute Gasteiger partial charge is 0.396 e. The first-order chi connectivity index (χ1) is 7.35. The summed E-state index contributed by atoms with van der Waals surface area (Å²) in [5.74, 6) is 0. The quantitative estimate of drug-likeness (QED) is 0.723. The zero-order chi connectivity index (χ0) is 10.6. The summed E-state index contributed by atoms with van der Waals surface area (Å²) in [6, 6.07) is 0.642. The van der Waals surface area contributed by atoms with Gasteiger partial charge in [0.2, 0.25) is 0 Å². The van der Waals surface area contributed by atoms with E-state index in [1.165, 1.54) is 25.7 Å². The van der Waals surface area contributed by atoms with Gasteiger partial charge in [0.05, 0.1) is 0 Å². The topological polar surface area (TPSA) is 41.5 Å². The molecule has 88 valence electrons. The molecule has 0 aromatic heterocycles. The second-order valence-corrected chi connectivity index (χ2v) is 5.09. The third kappa shape index (κ3) is 3.44. The Labute approximate surface area is 92.2 Å². The van der Waals surface area contributed by atoms with Crippen LogP contribution in [0, 0.1) is 5.41 Å². The Bertz CT molecular complexity index is 184. The third-order valence-corrected chi connectivity index (χ3v) is 3.82. The van der Waals surface area contributed by atoms with Crippen LogP contribution in [0.4, 0.5) is 0 Å². The van der Waals surface area contributed by atoms with E-state index in [0.29, 0.717) is 18.1 Å². The van der Waals surface area contributed by atoms with E-state index in [1.807, 2.05) is 0 Å². The predicted octanol–water partition coefficient (Wildman–Crippen LogP) is 1.31. The highest BCUT2D eigenvalue weighted by molar-refractivity contribution is 4.95. The highest BCUT2D eigenvalue weighted by Gasteiger charge is 2.41. The lowest BCUT2D eigenvalue weighted by atomic mass is 10.0. The lowest BCUT2D eigenvalue weighted by molar-refractivity contribution is 0.142. The van der Waals surface area contributed by atoms with Crippen LogP contribution >= 0.6 is 0 Å². The first-order valence-electron chi connectivity index (χ1n) is 6.27. The van der Waals surface area contributed by atoms with Crippen LogP contribution in [0.2, 0.25) is 0 Å². The third-order valence-electron chi connectivity index (χ3n) is 3.82.